The smallest absolute Gasteiger partial charge is 0.142 e. The van der Waals surface area contributed by atoms with Crippen LogP contribution in [-0.4, -0.2) is 37.5 Å². The fraction of sp³-hybridized carbons (Fsp3) is 0.250. The van der Waals surface area contributed by atoms with E-state index >= 15 is 0 Å². The Morgan fingerprint density at radius 3 is 2.91 bits per heavy atom. The van der Waals surface area contributed by atoms with Crippen LogP contribution in [-0.2, 0) is 11.2 Å². The van der Waals surface area contributed by atoms with Crippen molar-refractivity contribution in [3.8, 4) is 17.0 Å². The molecular weight excluding hydrogens is 330 g/mol. The number of fused-ring (bicyclic) bond motifs is 1. The number of aromatic nitrogens is 3. The monoisotopic (exact) mass is 347 g/mol. The SMILES string of the molecule is Cc1ccc(-c2cn3cnccc3n2)c(OCC[S+](C)[O-])c1S. The number of thiol groups is 1. The number of nitrogens with zero attached hydrogens (tertiary/aromatic N) is 3. The summed E-state index contributed by atoms with van der Waals surface area (Å²) in [6.45, 7) is 2.35. The molecule has 0 N–H and O–H groups in total. The number of ether oxygens (including phenoxy) is 1. The summed E-state index contributed by atoms with van der Waals surface area (Å²) in [5.74, 6) is 1.16. The molecule has 0 saturated heterocycles. The minimum Gasteiger partial charge on any atom is -0.616 e. The summed E-state index contributed by atoms with van der Waals surface area (Å²) in [5, 5.41) is 0. The van der Waals surface area contributed by atoms with Crippen molar-refractivity contribution < 1.29 is 9.29 Å². The Balaban J connectivity index is 2.02. The predicted octanol–water partition coefficient (Wildman–Crippen LogP) is 2.75. The van der Waals surface area contributed by atoms with Gasteiger partial charge in [-0.05, 0) is 24.6 Å². The molecule has 0 saturated carbocycles. The molecule has 7 heteroatoms. The van der Waals surface area contributed by atoms with E-state index in [1.165, 1.54) is 0 Å². The van der Waals surface area contributed by atoms with Crippen molar-refractivity contribution in [1.29, 1.82) is 0 Å². The van der Waals surface area contributed by atoms with Crippen LogP contribution in [0.1, 0.15) is 5.56 Å². The van der Waals surface area contributed by atoms with Gasteiger partial charge in [0.1, 0.15) is 30.1 Å². The summed E-state index contributed by atoms with van der Waals surface area (Å²) in [7, 11) is 0. The zero-order valence-corrected chi connectivity index (χ0v) is 14.6. The van der Waals surface area contributed by atoms with Crippen molar-refractivity contribution in [2.75, 3.05) is 18.6 Å². The number of rotatable bonds is 5. The third kappa shape index (κ3) is 3.46. The van der Waals surface area contributed by atoms with Gasteiger partial charge < -0.3 is 9.29 Å². The van der Waals surface area contributed by atoms with Crippen LogP contribution < -0.4 is 4.74 Å². The van der Waals surface area contributed by atoms with Gasteiger partial charge in [-0.1, -0.05) is 17.2 Å². The third-order valence-corrected chi connectivity index (χ3v) is 4.79. The summed E-state index contributed by atoms with van der Waals surface area (Å²) in [6.07, 6.45) is 6.99. The van der Waals surface area contributed by atoms with Crippen molar-refractivity contribution in [2.24, 2.45) is 0 Å². The lowest BCUT2D eigenvalue weighted by molar-refractivity contribution is 0.334. The van der Waals surface area contributed by atoms with Crippen LogP contribution in [0.15, 0.2) is 41.8 Å². The van der Waals surface area contributed by atoms with Crippen LogP contribution in [0, 0.1) is 6.92 Å². The van der Waals surface area contributed by atoms with E-state index < -0.39 is 11.2 Å². The molecule has 23 heavy (non-hydrogen) atoms. The molecule has 0 fully saturated rings. The lowest BCUT2D eigenvalue weighted by atomic mass is 10.1. The Morgan fingerprint density at radius 1 is 1.35 bits per heavy atom. The zero-order chi connectivity index (χ0) is 16.4. The van der Waals surface area contributed by atoms with E-state index in [-0.39, 0.29) is 0 Å². The minimum absolute atomic E-state index is 0.377. The molecular formula is C16H17N3O2S2. The van der Waals surface area contributed by atoms with E-state index in [1.54, 1.807) is 18.8 Å². The second kappa shape index (κ2) is 6.82. The van der Waals surface area contributed by atoms with E-state index in [1.807, 2.05) is 35.7 Å². The van der Waals surface area contributed by atoms with Gasteiger partial charge in [-0.3, -0.25) is 4.40 Å². The van der Waals surface area contributed by atoms with Gasteiger partial charge in [-0.15, -0.1) is 12.6 Å². The molecule has 0 aliphatic heterocycles. The van der Waals surface area contributed by atoms with E-state index in [0.717, 1.165) is 27.4 Å². The van der Waals surface area contributed by atoms with Crippen LogP contribution in [0.4, 0.5) is 0 Å². The maximum absolute atomic E-state index is 11.2. The summed E-state index contributed by atoms with van der Waals surface area (Å²) < 4.78 is 19.0. The molecule has 3 aromatic rings. The average Bonchev–Trinajstić information content (AvgIpc) is 2.95. The number of benzene rings is 1. The predicted molar refractivity (Wildman–Crippen MR) is 94.8 cm³/mol. The first-order valence-corrected chi connectivity index (χ1v) is 9.28. The number of aryl methyl sites for hydroxylation is 1. The van der Waals surface area contributed by atoms with E-state index in [2.05, 4.69) is 22.6 Å². The Bertz CT molecular complexity index is 800. The lowest BCUT2D eigenvalue weighted by Gasteiger charge is -2.14. The van der Waals surface area contributed by atoms with Gasteiger partial charge >= 0.3 is 0 Å². The molecule has 0 spiro atoms. The van der Waals surface area contributed by atoms with Crippen molar-refractivity contribution >= 4 is 29.5 Å². The molecule has 120 valence electrons. The first-order chi connectivity index (χ1) is 11.1. The van der Waals surface area contributed by atoms with Crippen molar-refractivity contribution in [3.63, 3.8) is 0 Å². The molecule has 0 aliphatic carbocycles. The number of hydrogen-bond acceptors (Lipinski definition) is 5. The third-order valence-electron chi connectivity index (χ3n) is 3.49. The molecule has 1 atom stereocenters. The molecule has 0 bridgehead atoms. The maximum Gasteiger partial charge on any atom is 0.142 e. The Hall–Kier alpha value is -1.70. The molecule has 1 unspecified atom stereocenters. The van der Waals surface area contributed by atoms with Gasteiger partial charge in [-0.2, -0.15) is 0 Å². The Kier molecular flexibility index (Phi) is 4.79. The van der Waals surface area contributed by atoms with Crippen molar-refractivity contribution in [2.45, 2.75) is 11.8 Å². The maximum atomic E-state index is 11.2. The zero-order valence-electron chi connectivity index (χ0n) is 12.9. The second-order valence-corrected chi connectivity index (χ2v) is 7.21. The van der Waals surface area contributed by atoms with Crippen LogP contribution in [0.3, 0.4) is 0 Å². The van der Waals surface area contributed by atoms with E-state index in [9.17, 15) is 4.55 Å². The molecule has 0 radical (unpaired) electrons. The molecule has 1 aromatic carbocycles. The van der Waals surface area contributed by atoms with Gasteiger partial charge in [0, 0.05) is 22.9 Å². The molecule has 0 aliphatic rings. The summed E-state index contributed by atoms with van der Waals surface area (Å²) in [5.41, 5.74) is 3.50. The van der Waals surface area contributed by atoms with Crippen LogP contribution in [0.25, 0.3) is 16.9 Å². The summed E-state index contributed by atoms with van der Waals surface area (Å²) >= 11 is 3.68. The quantitative estimate of drug-likeness (QED) is 0.569. The van der Waals surface area contributed by atoms with Gasteiger partial charge in [0.15, 0.2) is 0 Å². The molecule has 0 amide bonds. The van der Waals surface area contributed by atoms with Gasteiger partial charge in [0.05, 0.1) is 11.9 Å². The van der Waals surface area contributed by atoms with E-state index in [0.29, 0.717) is 18.1 Å². The highest BCUT2D eigenvalue weighted by atomic mass is 32.2. The van der Waals surface area contributed by atoms with Crippen LogP contribution >= 0.6 is 12.6 Å². The van der Waals surface area contributed by atoms with Crippen LogP contribution in [0.2, 0.25) is 0 Å². The first kappa shape index (κ1) is 16.2. The summed E-state index contributed by atoms with van der Waals surface area (Å²) in [6, 6.07) is 5.81. The fourth-order valence-corrected chi connectivity index (χ4v) is 2.83. The average molecular weight is 347 g/mol. The number of hydrogen-bond donors (Lipinski definition) is 1. The minimum atomic E-state index is -0.893. The fourth-order valence-electron chi connectivity index (χ4n) is 2.25. The summed E-state index contributed by atoms with van der Waals surface area (Å²) in [4.78, 5) is 9.47. The van der Waals surface area contributed by atoms with Crippen LogP contribution in [0.5, 0.6) is 5.75 Å². The topological polar surface area (TPSA) is 62.5 Å². The Morgan fingerprint density at radius 2 is 2.17 bits per heavy atom. The normalized spacial score (nSPS) is 12.5. The standard InChI is InChI=1S/C16H17N3O2S2/c1-11-3-4-12(15(16(11)22)21-7-8-23(2)20)13-9-19-10-17-6-5-14(19)18-13/h3-6,9-10,22H,7-8H2,1-2H3. The highest BCUT2D eigenvalue weighted by Gasteiger charge is 2.15. The van der Waals surface area contributed by atoms with Gasteiger partial charge in [-0.25, -0.2) is 9.97 Å². The highest BCUT2D eigenvalue weighted by molar-refractivity contribution is 7.90. The molecule has 2 heterocycles. The molecule has 2 aromatic heterocycles. The molecule has 3 rings (SSSR count). The van der Waals surface area contributed by atoms with Crippen molar-refractivity contribution in [3.05, 3.63) is 42.5 Å². The molecule has 5 nitrogen and oxygen atoms in total. The highest BCUT2D eigenvalue weighted by Crippen LogP contribution is 2.37. The first-order valence-electron chi connectivity index (χ1n) is 7.10. The lowest BCUT2D eigenvalue weighted by Crippen LogP contribution is -2.13. The second-order valence-electron chi connectivity index (χ2n) is 5.21. The number of imidazole rings is 1. The van der Waals surface area contributed by atoms with Crippen molar-refractivity contribution in [1.82, 2.24) is 14.4 Å². The van der Waals surface area contributed by atoms with Gasteiger partial charge in [0.2, 0.25) is 0 Å². The van der Waals surface area contributed by atoms with Gasteiger partial charge in [0.25, 0.3) is 0 Å². The largest absolute Gasteiger partial charge is 0.616 e. The van der Waals surface area contributed by atoms with E-state index in [4.69, 9.17) is 4.74 Å². The Labute approximate surface area is 143 Å².